The Hall–Kier alpha value is -0.800. The van der Waals surface area contributed by atoms with Crippen molar-refractivity contribution in [2.45, 2.75) is 6.42 Å². The monoisotopic (exact) mass is 284 g/mol. The predicted octanol–water partition coefficient (Wildman–Crippen LogP) is 3.51. The number of hydrogen-bond donors (Lipinski definition) is 0. The lowest BCUT2D eigenvalue weighted by atomic mass is 10.2. The average molecular weight is 285 g/mol. The summed E-state index contributed by atoms with van der Waals surface area (Å²) < 4.78 is 10.4. The summed E-state index contributed by atoms with van der Waals surface area (Å²) in [7, 11) is 1.67. The van der Waals surface area contributed by atoms with Crippen molar-refractivity contribution in [2.24, 2.45) is 0 Å². The van der Waals surface area contributed by atoms with Crippen molar-refractivity contribution >= 4 is 22.0 Å². The maximum absolute atomic E-state index is 5.47. The molecule has 0 N–H and O–H groups in total. The summed E-state index contributed by atoms with van der Waals surface area (Å²) >= 11 is 3.39. The van der Waals surface area contributed by atoms with Crippen molar-refractivity contribution in [3.63, 3.8) is 0 Å². The molecule has 0 heterocycles. The number of halogens is 1. The first-order chi connectivity index (χ1) is 7.86. The van der Waals surface area contributed by atoms with E-state index in [4.69, 9.17) is 9.47 Å². The van der Waals surface area contributed by atoms with Crippen LogP contribution in [0.1, 0.15) is 12.0 Å². The molecule has 1 aromatic rings. The minimum absolute atomic E-state index is 0.593. The van der Waals surface area contributed by atoms with Crippen LogP contribution in [0.3, 0.4) is 0 Å². The van der Waals surface area contributed by atoms with E-state index in [9.17, 15) is 0 Å². The minimum atomic E-state index is 0.593. The van der Waals surface area contributed by atoms with Crippen molar-refractivity contribution in [1.29, 1.82) is 0 Å². The Kier molecular flexibility index (Phi) is 6.93. The minimum Gasteiger partial charge on any atom is -0.491 e. The van der Waals surface area contributed by atoms with E-state index in [1.807, 2.05) is 24.3 Å². The fourth-order valence-corrected chi connectivity index (χ4v) is 1.46. The smallest absolute Gasteiger partial charge is 0.119 e. The molecule has 0 amide bonds. The second-order valence-corrected chi connectivity index (χ2v) is 4.08. The zero-order valence-electron chi connectivity index (χ0n) is 9.49. The van der Waals surface area contributed by atoms with Crippen LogP contribution in [0, 0.1) is 0 Å². The maximum atomic E-state index is 5.47. The zero-order chi connectivity index (χ0) is 11.6. The molecular weight excluding hydrogens is 268 g/mol. The Balaban J connectivity index is 2.41. The van der Waals surface area contributed by atoms with Crippen LogP contribution in [-0.2, 0) is 4.74 Å². The van der Waals surface area contributed by atoms with Gasteiger partial charge in [-0.05, 0) is 24.1 Å². The fraction of sp³-hybridized carbons (Fsp3) is 0.385. The van der Waals surface area contributed by atoms with E-state index < -0.39 is 0 Å². The average Bonchev–Trinajstić information content (AvgIpc) is 2.32. The molecule has 0 saturated carbocycles. The van der Waals surface area contributed by atoms with Gasteiger partial charge in [0.1, 0.15) is 12.4 Å². The third kappa shape index (κ3) is 5.33. The number of benzene rings is 1. The van der Waals surface area contributed by atoms with Crippen LogP contribution in [-0.4, -0.2) is 25.7 Å². The lowest BCUT2D eigenvalue weighted by Gasteiger charge is -2.05. The van der Waals surface area contributed by atoms with Crippen molar-refractivity contribution in [3.05, 3.63) is 35.9 Å². The number of methoxy groups -OCH3 is 1. The number of ether oxygens (including phenoxy) is 2. The fourth-order valence-electron chi connectivity index (χ4n) is 1.20. The molecule has 0 aliphatic carbocycles. The van der Waals surface area contributed by atoms with E-state index in [2.05, 4.69) is 28.1 Å². The van der Waals surface area contributed by atoms with Gasteiger partial charge in [0.25, 0.3) is 0 Å². The molecule has 1 aromatic carbocycles. The highest BCUT2D eigenvalue weighted by Gasteiger charge is 1.92. The number of rotatable bonds is 7. The Labute approximate surface area is 105 Å². The second-order valence-electron chi connectivity index (χ2n) is 3.29. The van der Waals surface area contributed by atoms with Gasteiger partial charge in [0.15, 0.2) is 0 Å². The summed E-state index contributed by atoms with van der Waals surface area (Å²) in [6.45, 7) is 1.21. The molecule has 2 nitrogen and oxygen atoms in total. The van der Waals surface area contributed by atoms with E-state index in [0.29, 0.717) is 13.2 Å². The molecule has 0 aromatic heterocycles. The SMILES string of the molecule is COCCOc1ccc(C=CCCBr)cc1. The van der Waals surface area contributed by atoms with E-state index in [1.165, 1.54) is 5.56 Å². The standard InChI is InChI=1S/C13H17BrO2/c1-15-10-11-16-13-7-5-12(6-8-13)4-2-3-9-14/h2,4-8H,3,9-11H2,1H3. The van der Waals surface area contributed by atoms with Gasteiger partial charge in [0, 0.05) is 12.4 Å². The van der Waals surface area contributed by atoms with Gasteiger partial charge >= 0.3 is 0 Å². The van der Waals surface area contributed by atoms with E-state index in [1.54, 1.807) is 7.11 Å². The molecule has 0 atom stereocenters. The third-order valence-electron chi connectivity index (χ3n) is 2.02. The van der Waals surface area contributed by atoms with Crippen molar-refractivity contribution in [3.8, 4) is 5.75 Å². The van der Waals surface area contributed by atoms with E-state index in [-0.39, 0.29) is 0 Å². The molecule has 0 fully saturated rings. The summed E-state index contributed by atoms with van der Waals surface area (Å²) in [6, 6.07) is 8.05. The maximum Gasteiger partial charge on any atom is 0.119 e. The van der Waals surface area contributed by atoms with Gasteiger partial charge < -0.3 is 9.47 Å². The van der Waals surface area contributed by atoms with Crippen molar-refractivity contribution in [2.75, 3.05) is 25.7 Å². The first kappa shape index (κ1) is 13.3. The second kappa shape index (κ2) is 8.36. The zero-order valence-corrected chi connectivity index (χ0v) is 11.1. The van der Waals surface area contributed by atoms with Crippen LogP contribution in [0.25, 0.3) is 6.08 Å². The Bertz CT molecular complexity index is 306. The summed E-state index contributed by atoms with van der Waals surface area (Å²) in [5, 5.41) is 1.00. The van der Waals surface area contributed by atoms with Gasteiger partial charge in [-0.1, -0.05) is 40.2 Å². The molecule has 0 spiro atoms. The van der Waals surface area contributed by atoms with Crippen LogP contribution in [0.4, 0.5) is 0 Å². The normalized spacial score (nSPS) is 10.9. The van der Waals surface area contributed by atoms with Crippen molar-refractivity contribution in [1.82, 2.24) is 0 Å². The van der Waals surface area contributed by atoms with Gasteiger partial charge in [-0.25, -0.2) is 0 Å². The molecule has 0 unspecified atom stereocenters. The molecule has 0 aliphatic rings. The third-order valence-corrected chi connectivity index (χ3v) is 2.48. The van der Waals surface area contributed by atoms with Crippen LogP contribution < -0.4 is 4.74 Å². The summed E-state index contributed by atoms with van der Waals surface area (Å²) in [5.74, 6) is 0.884. The van der Waals surface area contributed by atoms with E-state index >= 15 is 0 Å². The molecule has 0 bridgehead atoms. The molecule has 16 heavy (non-hydrogen) atoms. The quantitative estimate of drug-likeness (QED) is 0.564. The molecule has 0 radical (unpaired) electrons. The lowest BCUT2D eigenvalue weighted by molar-refractivity contribution is 0.146. The topological polar surface area (TPSA) is 18.5 Å². The summed E-state index contributed by atoms with van der Waals surface area (Å²) in [4.78, 5) is 0. The Morgan fingerprint density at radius 1 is 1.19 bits per heavy atom. The molecular formula is C13H17BrO2. The van der Waals surface area contributed by atoms with Gasteiger partial charge in [0.2, 0.25) is 0 Å². The highest BCUT2D eigenvalue weighted by Crippen LogP contribution is 2.13. The van der Waals surface area contributed by atoms with Crippen LogP contribution in [0.15, 0.2) is 30.3 Å². The van der Waals surface area contributed by atoms with Gasteiger partial charge in [0.05, 0.1) is 6.61 Å². The first-order valence-corrected chi connectivity index (χ1v) is 6.43. The number of allylic oxidation sites excluding steroid dienone is 1. The summed E-state index contributed by atoms with van der Waals surface area (Å²) in [5.41, 5.74) is 1.19. The van der Waals surface area contributed by atoms with Gasteiger partial charge in [-0.15, -0.1) is 0 Å². The van der Waals surface area contributed by atoms with Crippen LogP contribution in [0.2, 0.25) is 0 Å². The largest absolute Gasteiger partial charge is 0.491 e. The molecule has 88 valence electrons. The van der Waals surface area contributed by atoms with Gasteiger partial charge in [-0.2, -0.15) is 0 Å². The predicted molar refractivity (Wildman–Crippen MR) is 71.3 cm³/mol. The molecule has 1 rings (SSSR count). The highest BCUT2D eigenvalue weighted by molar-refractivity contribution is 9.09. The van der Waals surface area contributed by atoms with Crippen LogP contribution >= 0.6 is 15.9 Å². The number of hydrogen-bond acceptors (Lipinski definition) is 2. The molecule has 0 aliphatic heterocycles. The lowest BCUT2D eigenvalue weighted by Crippen LogP contribution is -2.03. The number of alkyl halides is 1. The first-order valence-electron chi connectivity index (χ1n) is 5.31. The highest BCUT2D eigenvalue weighted by atomic mass is 79.9. The van der Waals surface area contributed by atoms with Crippen molar-refractivity contribution < 1.29 is 9.47 Å². The summed E-state index contributed by atoms with van der Waals surface area (Å²) in [6.07, 6.45) is 5.31. The molecule has 0 saturated heterocycles. The van der Waals surface area contributed by atoms with Gasteiger partial charge in [-0.3, -0.25) is 0 Å². The Morgan fingerprint density at radius 3 is 2.56 bits per heavy atom. The Morgan fingerprint density at radius 2 is 1.94 bits per heavy atom. The van der Waals surface area contributed by atoms with Crippen LogP contribution in [0.5, 0.6) is 5.75 Å². The molecule has 3 heteroatoms. The van der Waals surface area contributed by atoms with E-state index in [0.717, 1.165) is 17.5 Å².